The molecule has 1 N–H and O–H groups in total. The molecular formula is C27H40N2O5S. The maximum atomic E-state index is 13.8. The van der Waals surface area contributed by atoms with Crippen LogP contribution in [0.2, 0.25) is 0 Å². The third-order valence-corrected chi connectivity index (χ3v) is 7.32. The van der Waals surface area contributed by atoms with Crippen LogP contribution in [0, 0.1) is 29.1 Å². The lowest BCUT2D eigenvalue weighted by Crippen LogP contribution is -2.46. The van der Waals surface area contributed by atoms with Crippen molar-refractivity contribution in [3.63, 3.8) is 0 Å². The number of anilines is 1. The number of carbonyl (C=O) groups excluding carboxylic acids is 2. The number of nitrogens with zero attached hydrogens (tertiary/aromatic N) is 2. The molecule has 2 amide bonds. The summed E-state index contributed by atoms with van der Waals surface area (Å²) in [5, 5.41) is 9.97. The lowest BCUT2D eigenvalue weighted by Gasteiger charge is -2.35. The van der Waals surface area contributed by atoms with Crippen molar-refractivity contribution in [2.75, 3.05) is 32.2 Å². The van der Waals surface area contributed by atoms with E-state index in [-0.39, 0.29) is 34.4 Å². The number of likely N-dealkylation sites (N-methyl/N-ethyl adjacent to an activating group) is 1. The minimum absolute atomic E-state index is 0.0766. The van der Waals surface area contributed by atoms with Crippen LogP contribution in [0.25, 0.3) is 0 Å². The number of methoxy groups -OCH3 is 1. The Morgan fingerprint density at radius 2 is 1.86 bits per heavy atom. The molecule has 1 saturated carbocycles. The smallest absolute Gasteiger partial charge is 0.348 e. The molecule has 8 heteroatoms. The summed E-state index contributed by atoms with van der Waals surface area (Å²) in [7, 11) is 3.28. The molecule has 7 nitrogen and oxygen atoms in total. The zero-order valence-corrected chi connectivity index (χ0v) is 23.0. The van der Waals surface area contributed by atoms with E-state index in [2.05, 4.69) is 18.8 Å². The fourth-order valence-electron chi connectivity index (χ4n) is 4.15. The Morgan fingerprint density at radius 3 is 2.40 bits per heavy atom. The summed E-state index contributed by atoms with van der Waals surface area (Å²) in [5.41, 5.74) is 0.0955. The molecule has 0 spiro atoms. The Morgan fingerprint density at radius 1 is 1.23 bits per heavy atom. The van der Waals surface area contributed by atoms with Crippen LogP contribution in [-0.4, -0.2) is 61.1 Å². The Hall–Kier alpha value is -2.37. The van der Waals surface area contributed by atoms with Crippen LogP contribution < -0.4 is 4.90 Å². The van der Waals surface area contributed by atoms with E-state index in [1.165, 1.54) is 0 Å². The van der Waals surface area contributed by atoms with Gasteiger partial charge in [0, 0.05) is 44.5 Å². The van der Waals surface area contributed by atoms with Crippen molar-refractivity contribution in [3.05, 3.63) is 15.8 Å². The third-order valence-electron chi connectivity index (χ3n) is 6.30. The van der Waals surface area contributed by atoms with Gasteiger partial charge >= 0.3 is 5.97 Å². The second-order valence-corrected chi connectivity index (χ2v) is 11.7. The normalized spacial score (nSPS) is 18.8. The van der Waals surface area contributed by atoms with Crippen LogP contribution in [0.5, 0.6) is 0 Å². The summed E-state index contributed by atoms with van der Waals surface area (Å²) >= 11 is 1.08. The van der Waals surface area contributed by atoms with Gasteiger partial charge in [0.2, 0.25) is 11.8 Å². The van der Waals surface area contributed by atoms with Crippen molar-refractivity contribution >= 4 is 34.8 Å². The number of carboxylic acid groups (broad SMARTS) is 1. The highest BCUT2D eigenvalue weighted by atomic mass is 32.1. The van der Waals surface area contributed by atoms with Crippen molar-refractivity contribution in [3.8, 4) is 11.8 Å². The Labute approximate surface area is 213 Å². The van der Waals surface area contributed by atoms with E-state index in [4.69, 9.17) is 4.74 Å². The first-order chi connectivity index (χ1) is 16.3. The lowest BCUT2D eigenvalue weighted by molar-refractivity contribution is -0.131. The van der Waals surface area contributed by atoms with Crippen LogP contribution in [-0.2, 0) is 14.3 Å². The molecule has 194 valence electrons. The van der Waals surface area contributed by atoms with Gasteiger partial charge in [0.25, 0.3) is 0 Å². The third kappa shape index (κ3) is 8.36. The summed E-state index contributed by atoms with van der Waals surface area (Å²) in [4.78, 5) is 42.7. The standard InChI is InChI=1S/C27H40N2O5S/c1-18-8-10-20(11-9-18)25(31)29(19(2)16-23(30)28(6)14-15-34-7)22-17-21(12-13-27(3,4)5)35-24(22)26(32)33/h17-20H,8-11,14-16H2,1-7H3,(H,32,33)/t18?,19-,20?/m0/s1. The highest BCUT2D eigenvalue weighted by Crippen LogP contribution is 2.36. The molecule has 35 heavy (non-hydrogen) atoms. The van der Waals surface area contributed by atoms with E-state index in [0.29, 0.717) is 29.6 Å². The molecule has 1 aliphatic rings. The number of carboxylic acids is 1. The van der Waals surface area contributed by atoms with Crippen LogP contribution in [0.4, 0.5) is 5.69 Å². The van der Waals surface area contributed by atoms with Gasteiger partial charge in [-0.25, -0.2) is 4.79 Å². The molecule has 0 bridgehead atoms. The molecule has 1 aromatic heterocycles. The fraction of sp³-hybridized carbons (Fsp3) is 0.667. The quantitative estimate of drug-likeness (QED) is 0.484. The molecule has 0 radical (unpaired) electrons. The molecule has 0 aliphatic heterocycles. The summed E-state index contributed by atoms with van der Waals surface area (Å²) in [5.74, 6) is 5.30. The molecule has 1 fully saturated rings. The molecule has 1 aromatic rings. The van der Waals surface area contributed by atoms with E-state index < -0.39 is 12.0 Å². The number of thiophene rings is 1. The number of hydrogen-bond acceptors (Lipinski definition) is 5. The molecule has 1 heterocycles. The summed E-state index contributed by atoms with van der Waals surface area (Å²) in [6.45, 7) is 10.8. The molecule has 0 saturated heterocycles. The van der Waals surface area contributed by atoms with E-state index >= 15 is 0 Å². The molecule has 0 aromatic carbocycles. The predicted octanol–water partition coefficient (Wildman–Crippen LogP) is 4.89. The van der Waals surface area contributed by atoms with Gasteiger partial charge in [-0.3, -0.25) is 9.59 Å². The number of hydrogen-bond donors (Lipinski definition) is 1. The van der Waals surface area contributed by atoms with Gasteiger partial charge in [0.15, 0.2) is 0 Å². The largest absolute Gasteiger partial charge is 0.477 e. The topological polar surface area (TPSA) is 87.2 Å². The molecule has 1 aliphatic carbocycles. The van der Waals surface area contributed by atoms with Gasteiger partial charge in [0.05, 0.1) is 17.2 Å². The minimum Gasteiger partial charge on any atom is -0.477 e. The minimum atomic E-state index is -1.10. The van der Waals surface area contributed by atoms with Gasteiger partial charge in [-0.05, 0) is 65.4 Å². The van der Waals surface area contributed by atoms with Crippen LogP contribution in [0.3, 0.4) is 0 Å². The molecule has 1 atom stereocenters. The van der Waals surface area contributed by atoms with Crippen molar-refractivity contribution in [2.45, 2.75) is 72.8 Å². The average molecular weight is 505 g/mol. The molecule has 0 unspecified atom stereocenters. The zero-order chi connectivity index (χ0) is 26.3. The number of amides is 2. The van der Waals surface area contributed by atoms with Crippen molar-refractivity contribution < 1.29 is 24.2 Å². The molecular weight excluding hydrogens is 464 g/mol. The second kappa shape index (κ2) is 12.5. The maximum absolute atomic E-state index is 13.8. The predicted molar refractivity (Wildman–Crippen MR) is 140 cm³/mol. The maximum Gasteiger partial charge on any atom is 0.348 e. The first-order valence-electron chi connectivity index (χ1n) is 12.3. The van der Waals surface area contributed by atoms with Gasteiger partial charge in [-0.1, -0.05) is 18.8 Å². The summed E-state index contributed by atoms with van der Waals surface area (Å²) in [6, 6.07) is 1.20. The van der Waals surface area contributed by atoms with Gasteiger partial charge in [0.1, 0.15) is 4.88 Å². The number of aromatic carboxylic acids is 1. The second-order valence-electron chi connectivity index (χ2n) is 10.7. The van der Waals surface area contributed by atoms with E-state index in [0.717, 1.165) is 37.0 Å². The highest BCUT2D eigenvalue weighted by Gasteiger charge is 2.35. The zero-order valence-electron chi connectivity index (χ0n) is 22.1. The van der Waals surface area contributed by atoms with Crippen LogP contribution in [0.15, 0.2) is 6.07 Å². The first kappa shape index (κ1) is 28.9. The van der Waals surface area contributed by atoms with Gasteiger partial charge in [-0.2, -0.15) is 0 Å². The van der Waals surface area contributed by atoms with E-state index in [1.807, 2.05) is 27.7 Å². The van der Waals surface area contributed by atoms with Crippen LogP contribution >= 0.6 is 11.3 Å². The van der Waals surface area contributed by atoms with E-state index in [1.54, 1.807) is 30.0 Å². The summed E-state index contributed by atoms with van der Waals surface area (Å²) in [6.07, 6.45) is 3.57. The number of ether oxygens (including phenoxy) is 1. The van der Waals surface area contributed by atoms with Crippen molar-refractivity contribution in [1.29, 1.82) is 0 Å². The number of carbonyl (C=O) groups is 3. The monoisotopic (exact) mass is 504 g/mol. The summed E-state index contributed by atoms with van der Waals surface area (Å²) < 4.78 is 5.07. The van der Waals surface area contributed by atoms with E-state index in [9.17, 15) is 19.5 Å². The SMILES string of the molecule is COCCN(C)C(=O)C[C@H](C)N(C(=O)C1CCC(C)CC1)c1cc(C#CC(C)(C)C)sc1C(=O)O. The first-order valence-corrected chi connectivity index (χ1v) is 13.1. The lowest BCUT2D eigenvalue weighted by atomic mass is 9.82. The fourth-order valence-corrected chi connectivity index (χ4v) is 5.00. The molecule has 2 rings (SSSR count). The Bertz CT molecular complexity index is 960. The number of rotatable bonds is 9. The van der Waals surface area contributed by atoms with Gasteiger partial charge in [-0.15, -0.1) is 11.3 Å². The average Bonchev–Trinajstić information content (AvgIpc) is 3.20. The van der Waals surface area contributed by atoms with Crippen molar-refractivity contribution in [1.82, 2.24) is 4.90 Å². The van der Waals surface area contributed by atoms with Gasteiger partial charge < -0.3 is 19.6 Å². The highest BCUT2D eigenvalue weighted by molar-refractivity contribution is 7.15. The Kier molecular flexibility index (Phi) is 10.3. The van der Waals surface area contributed by atoms with Crippen molar-refractivity contribution in [2.24, 2.45) is 17.3 Å². The Balaban J connectivity index is 2.45. The van der Waals surface area contributed by atoms with Crippen LogP contribution in [0.1, 0.15) is 81.3 Å².